The number of benzene rings is 2. The number of anilines is 1. The molecule has 3 N–H and O–H groups in total. The lowest BCUT2D eigenvalue weighted by molar-refractivity contribution is -0.119. The Balaban J connectivity index is 1.80. The number of amides is 1. The number of carbonyl (C=O) groups is 1. The number of carbonyl (C=O) groups excluding carboxylic acids is 1. The van der Waals surface area contributed by atoms with Crippen molar-refractivity contribution in [1.82, 2.24) is 14.5 Å². The highest BCUT2D eigenvalue weighted by Gasteiger charge is 2.24. The highest BCUT2D eigenvalue weighted by Crippen LogP contribution is 2.22. The third-order valence-corrected chi connectivity index (χ3v) is 7.67. The first kappa shape index (κ1) is 26.8. The van der Waals surface area contributed by atoms with Crippen LogP contribution >= 0.6 is 23.2 Å². The summed E-state index contributed by atoms with van der Waals surface area (Å²) in [7, 11) is -4.03. The summed E-state index contributed by atoms with van der Waals surface area (Å²) in [5.41, 5.74) is 0.783. The van der Waals surface area contributed by atoms with E-state index in [1.807, 2.05) is 30.3 Å². The standard InChI is InChI=1S/C23H24Cl2N4O5S/c1-14-8-9-17(27-22(31)15(2)29-23(32)21(25)19(24)12-26-29)11-20(14)35(33,34)28-18(13-30)10-16-6-4-3-5-7-16/h3-9,11-12,15,18,28,30H,10,13H2,1-2H3,(H,27,31). The molecule has 1 heterocycles. The van der Waals surface area contributed by atoms with E-state index in [2.05, 4.69) is 15.1 Å². The first-order chi connectivity index (χ1) is 16.5. The van der Waals surface area contributed by atoms with E-state index < -0.39 is 40.2 Å². The van der Waals surface area contributed by atoms with Crippen LogP contribution in [0.25, 0.3) is 0 Å². The Hall–Kier alpha value is -2.76. The molecular formula is C23H24Cl2N4O5S. The quantitative estimate of drug-likeness (QED) is 0.384. The van der Waals surface area contributed by atoms with Crippen LogP contribution < -0.4 is 15.6 Å². The first-order valence-corrected chi connectivity index (χ1v) is 12.8. The number of aromatic nitrogens is 2. The second-order valence-electron chi connectivity index (χ2n) is 7.89. The van der Waals surface area contributed by atoms with Crippen molar-refractivity contribution >= 4 is 44.8 Å². The lowest BCUT2D eigenvalue weighted by Crippen LogP contribution is -2.39. The second kappa shape index (κ2) is 11.3. The number of nitrogens with one attached hydrogen (secondary N) is 2. The summed E-state index contributed by atoms with van der Waals surface area (Å²) in [6.07, 6.45) is 1.46. The van der Waals surface area contributed by atoms with E-state index in [1.54, 1.807) is 13.0 Å². The smallest absolute Gasteiger partial charge is 0.287 e. The second-order valence-corrected chi connectivity index (χ2v) is 10.4. The molecule has 3 rings (SSSR count). The largest absolute Gasteiger partial charge is 0.395 e. The number of aliphatic hydroxyl groups excluding tert-OH is 1. The van der Waals surface area contributed by atoms with Crippen LogP contribution in [0.4, 0.5) is 5.69 Å². The first-order valence-electron chi connectivity index (χ1n) is 10.5. The third kappa shape index (κ3) is 6.47. The molecule has 0 aliphatic rings. The SMILES string of the molecule is Cc1ccc(NC(=O)C(C)n2ncc(Cl)c(Cl)c2=O)cc1S(=O)(=O)NC(CO)Cc1ccccc1. The van der Waals surface area contributed by atoms with E-state index in [-0.39, 0.29) is 20.6 Å². The van der Waals surface area contributed by atoms with E-state index in [9.17, 15) is 23.1 Å². The third-order valence-electron chi connectivity index (χ3n) is 5.26. The van der Waals surface area contributed by atoms with Gasteiger partial charge in [-0.1, -0.05) is 59.6 Å². The number of aliphatic hydroxyl groups is 1. The molecule has 0 fully saturated rings. The fourth-order valence-electron chi connectivity index (χ4n) is 3.35. The maximum Gasteiger partial charge on any atom is 0.287 e. The maximum absolute atomic E-state index is 13.1. The van der Waals surface area contributed by atoms with Gasteiger partial charge in [0, 0.05) is 11.7 Å². The van der Waals surface area contributed by atoms with Gasteiger partial charge in [0.15, 0.2) is 0 Å². The van der Waals surface area contributed by atoms with Gasteiger partial charge in [-0.3, -0.25) is 9.59 Å². The molecule has 2 atom stereocenters. The van der Waals surface area contributed by atoms with Gasteiger partial charge in [0.1, 0.15) is 11.1 Å². The van der Waals surface area contributed by atoms with Gasteiger partial charge in [-0.05, 0) is 43.5 Å². The monoisotopic (exact) mass is 538 g/mol. The number of nitrogens with zero attached hydrogens (tertiary/aromatic N) is 2. The average Bonchev–Trinajstić information content (AvgIpc) is 2.83. The summed E-state index contributed by atoms with van der Waals surface area (Å²) in [6, 6.07) is 11.8. The molecule has 0 radical (unpaired) electrons. The Morgan fingerprint density at radius 3 is 2.51 bits per heavy atom. The molecule has 0 spiro atoms. The Morgan fingerprint density at radius 2 is 1.86 bits per heavy atom. The van der Waals surface area contributed by atoms with E-state index >= 15 is 0 Å². The molecule has 12 heteroatoms. The molecule has 2 unspecified atom stereocenters. The van der Waals surface area contributed by atoms with Crippen molar-refractivity contribution in [2.24, 2.45) is 0 Å². The van der Waals surface area contributed by atoms with Crippen molar-refractivity contribution in [3.8, 4) is 0 Å². The highest BCUT2D eigenvalue weighted by molar-refractivity contribution is 7.89. The van der Waals surface area contributed by atoms with Gasteiger partial charge in [0.05, 0.1) is 22.7 Å². The topological polar surface area (TPSA) is 130 Å². The van der Waals surface area contributed by atoms with Crippen LogP contribution in [0.1, 0.15) is 24.1 Å². The van der Waals surface area contributed by atoms with Gasteiger partial charge in [0.2, 0.25) is 15.9 Å². The Morgan fingerprint density at radius 1 is 1.17 bits per heavy atom. The minimum Gasteiger partial charge on any atom is -0.395 e. The predicted molar refractivity (Wildman–Crippen MR) is 134 cm³/mol. The molecule has 3 aromatic rings. The van der Waals surface area contributed by atoms with Crippen LogP contribution in [-0.2, 0) is 21.2 Å². The lowest BCUT2D eigenvalue weighted by Gasteiger charge is -2.19. The number of halogens is 2. The van der Waals surface area contributed by atoms with Gasteiger partial charge in [-0.2, -0.15) is 5.10 Å². The number of hydrogen-bond donors (Lipinski definition) is 3. The molecule has 1 aromatic heterocycles. The van der Waals surface area contributed by atoms with Gasteiger partial charge < -0.3 is 10.4 Å². The van der Waals surface area contributed by atoms with Crippen molar-refractivity contribution in [2.45, 2.75) is 37.2 Å². The zero-order chi connectivity index (χ0) is 25.8. The van der Waals surface area contributed by atoms with Crippen LogP contribution in [0, 0.1) is 6.92 Å². The lowest BCUT2D eigenvalue weighted by atomic mass is 10.1. The van der Waals surface area contributed by atoms with Gasteiger partial charge >= 0.3 is 0 Å². The summed E-state index contributed by atoms with van der Waals surface area (Å²) in [5.74, 6) is -0.615. The van der Waals surface area contributed by atoms with Gasteiger partial charge in [-0.15, -0.1) is 0 Å². The van der Waals surface area contributed by atoms with Crippen molar-refractivity contribution in [3.63, 3.8) is 0 Å². The number of sulfonamides is 1. The fraction of sp³-hybridized carbons (Fsp3) is 0.261. The van der Waals surface area contributed by atoms with E-state index in [4.69, 9.17) is 23.2 Å². The molecule has 0 aliphatic carbocycles. The van der Waals surface area contributed by atoms with E-state index in [1.165, 1.54) is 19.1 Å². The van der Waals surface area contributed by atoms with Crippen LogP contribution in [0.3, 0.4) is 0 Å². The van der Waals surface area contributed by atoms with Gasteiger partial charge in [-0.25, -0.2) is 17.8 Å². The average molecular weight is 539 g/mol. The van der Waals surface area contributed by atoms with Crippen LogP contribution in [-0.4, -0.2) is 41.9 Å². The molecule has 0 bridgehead atoms. The van der Waals surface area contributed by atoms with Crippen molar-refractivity contribution < 1.29 is 18.3 Å². The summed E-state index contributed by atoms with van der Waals surface area (Å²) in [4.78, 5) is 25.0. The summed E-state index contributed by atoms with van der Waals surface area (Å²) in [6.45, 7) is 2.66. The van der Waals surface area contributed by atoms with Crippen LogP contribution in [0.15, 0.2) is 64.4 Å². The van der Waals surface area contributed by atoms with Gasteiger partial charge in [0.25, 0.3) is 5.56 Å². The summed E-state index contributed by atoms with van der Waals surface area (Å²) in [5, 5.41) is 15.9. The Labute approximate surface area is 212 Å². The minimum atomic E-state index is -4.03. The molecule has 1 amide bonds. The number of hydrogen-bond acceptors (Lipinski definition) is 6. The zero-order valence-electron chi connectivity index (χ0n) is 18.9. The summed E-state index contributed by atoms with van der Waals surface area (Å²) < 4.78 is 29.6. The number of aryl methyl sites for hydroxylation is 1. The van der Waals surface area contributed by atoms with Crippen molar-refractivity contribution in [3.05, 3.63) is 86.3 Å². The van der Waals surface area contributed by atoms with E-state index in [0.717, 1.165) is 16.4 Å². The predicted octanol–water partition coefficient (Wildman–Crippen LogP) is 2.94. The Kier molecular flexibility index (Phi) is 8.68. The number of rotatable bonds is 9. The molecule has 0 saturated heterocycles. The molecule has 9 nitrogen and oxygen atoms in total. The molecule has 2 aromatic carbocycles. The molecule has 0 aliphatic heterocycles. The zero-order valence-corrected chi connectivity index (χ0v) is 21.2. The maximum atomic E-state index is 13.1. The molecule has 186 valence electrons. The fourth-order valence-corrected chi connectivity index (χ4v) is 5.11. The molecule has 35 heavy (non-hydrogen) atoms. The van der Waals surface area contributed by atoms with Crippen molar-refractivity contribution in [1.29, 1.82) is 0 Å². The van der Waals surface area contributed by atoms with E-state index in [0.29, 0.717) is 12.0 Å². The molecular weight excluding hydrogens is 515 g/mol. The minimum absolute atomic E-state index is 0.0325. The Bertz CT molecular complexity index is 1380. The van der Waals surface area contributed by atoms with Crippen molar-refractivity contribution in [2.75, 3.05) is 11.9 Å². The van der Waals surface area contributed by atoms with Crippen LogP contribution in [0.2, 0.25) is 10.0 Å². The molecule has 0 saturated carbocycles. The van der Waals surface area contributed by atoms with Crippen LogP contribution in [0.5, 0.6) is 0 Å². The normalized spacial score (nSPS) is 13.3. The summed E-state index contributed by atoms with van der Waals surface area (Å²) >= 11 is 11.6. The highest BCUT2D eigenvalue weighted by atomic mass is 35.5.